The molecule has 0 fully saturated rings. The zero-order valence-corrected chi connectivity index (χ0v) is 6.46. The normalized spacial score (nSPS) is 9.91. The maximum Gasteiger partial charge on any atom is 0.161 e. The number of rotatable bonds is 1. The third-order valence-electron chi connectivity index (χ3n) is 1.64. The minimum atomic E-state index is -0.0119. The van der Waals surface area contributed by atoms with E-state index in [-0.39, 0.29) is 5.75 Å². The predicted molar refractivity (Wildman–Crippen MR) is 46.3 cm³/mol. The molecule has 0 aliphatic heterocycles. The van der Waals surface area contributed by atoms with E-state index in [9.17, 15) is 5.11 Å². The van der Waals surface area contributed by atoms with Crippen molar-refractivity contribution in [2.75, 3.05) is 11.5 Å². The van der Waals surface area contributed by atoms with Crippen LogP contribution < -0.4 is 11.5 Å². The molecule has 60 valence electrons. The number of benzene rings is 1. The van der Waals surface area contributed by atoms with Gasteiger partial charge in [0.25, 0.3) is 0 Å². The molecular weight excluding hydrogens is 140 g/mol. The molecule has 0 radical (unpaired) electrons. The van der Waals surface area contributed by atoms with Gasteiger partial charge in [0.1, 0.15) is 0 Å². The van der Waals surface area contributed by atoms with Crippen LogP contribution in [0.1, 0.15) is 12.5 Å². The number of hydrogen-bond acceptors (Lipinski definition) is 3. The minimum absolute atomic E-state index is 0.0119. The third-order valence-corrected chi connectivity index (χ3v) is 1.64. The molecule has 0 bridgehead atoms. The van der Waals surface area contributed by atoms with E-state index in [1.807, 2.05) is 6.92 Å². The SMILES string of the molecule is CCc1cc(N)c(O)c(N)c1. The summed E-state index contributed by atoms with van der Waals surface area (Å²) in [6, 6.07) is 3.46. The Morgan fingerprint density at radius 2 is 1.73 bits per heavy atom. The van der Waals surface area contributed by atoms with Gasteiger partial charge in [-0.05, 0) is 24.1 Å². The van der Waals surface area contributed by atoms with Crippen LogP contribution in [0.4, 0.5) is 11.4 Å². The number of nitrogens with two attached hydrogens (primary N) is 2. The topological polar surface area (TPSA) is 72.3 Å². The lowest BCUT2D eigenvalue weighted by Crippen LogP contribution is -1.94. The molecule has 0 heterocycles. The second-order valence-corrected chi connectivity index (χ2v) is 2.48. The fourth-order valence-corrected chi connectivity index (χ4v) is 0.949. The first-order valence-electron chi connectivity index (χ1n) is 3.52. The zero-order chi connectivity index (χ0) is 8.43. The standard InChI is InChI=1S/C8H12N2O/c1-2-5-3-6(9)8(11)7(10)4-5/h3-4,11H,2,9-10H2,1H3. The average Bonchev–Trinajstić information content (AvgIpc) is 1.99. The second kappa shape index (κ2) is 2.70. The Morgan fingerprint density at radius 1 is 1.27 bits per heavy atom. The summed E-state index contributed by atoms with van der Waals surface area (Å²) in [4.78, 5) is 0. The van der Waals surface area contributed by atoms with Crippen LogP contribution in [0.15, 0.2) is 12.1 Å². The molecule has 1 aromatic carbocycles. The van der Waals surface area contributed by atoms with E-state index in [0.29, 0.717) is 11.4 Å². The molecule has 0 saturated heterocycles. The Balaban J connectivity index is 3.21. The monoisotopic (exact) mass is 152 g/mol. The van der Waals surface area contributed by atoms with Gasteiger partial charge < -0.3 is 16.6 Å². The summed E-state index contributed by atoms with van der Waals surface area (Å²) in [5, 5.41) is 9.18. The molecule has 0 aliphatic rings. The van der Waals surface area contributed by atoms with Gasteiger partial charge in [-0.25, -0.2) is 0 Å². The van der Waals surface area contributed by atoms with Gasteiger partial charge in [0.15, 0.2) is 5.75 Å². The number of aromatic hydroxyl groups is 1. The van der Waals surface area contributed by atoms with Gasteiger partial charge in [-0.15, -0.1) is 0 Å². The molecule has 3 heteroatoms. The van der Waals surface area contributed by atoms with Crippen molar-refractivity contribution in [3.05, 3.63) is 17.7 Å². The zero-order valence-electron chi connectivity index (χ0n) is 6.46. The number of aryl methyl sites for hydroxylation is 1. The van der Waals surface area contributed by atoms with Crippen molar-refractivity contribution in [1.29, 1.82) is 0 Å². The fraction of sp³-hybridized carbons (Fsp3) is 0.250. The third kappa shape index (κ3) is 1.37. The summed E-state index contributed by atoms with van der Waals surface area (Å²) in [5.41, 5.74) is 12.7. The van der Waals surface area contributed by atoms with E-state index < -0.39 is 0 Å². The van der Waals surface area contributed by atoms with Crippen LogP contribution in [0, 0.1) is 0 Å². The average molecular weight is 152 g/mol. The molecule has 0 amide bonds. The van der Waals surface area contributed by atoms with Crippen molar-refractivity contribution < 1.29 is 5.11 Å². The number of nitrogen functional groups attached to an aromatic ring is 2. The molecule has 0 saturated carbocycles. The maximum atomic E-state index is 9.18. The Morgan fingerprint density at radius 3 is 2.09 bits per heavy atom. The van der Waals surface area contributed by atoms with Crippen LogP contribution in [0.2, 0.25) is 0 Å². The summed E-state index contributed by atoms with van der Waals surface area (Å²) in [6.45, 7) is 2.01. The molecule has 0 spiro atoms. The lowest BCUT2D eigenvalue weighted by atomic mass is 10.1. The lowest BCUT2D eigenvalue weighted by molar-refractivity contribution is 0.480. The number of phenols is 1. The van der Waals surface area contributed by atoms with Crippen molar-refractivity contribution in [1.82, 2.24) is 0 Å². The van der Waals surface area contributed by atoms with Crippen LogP contribution in [0.5, 0.6) is 5.75 Å². The highest BCUT2D eigenvalue weighted by Crippen LogP contribution is 2.28. The van der Waals surface area contributed by atoms with Crippen LogP contribution >= 0.6 is 0 Å². The van der Waals surface area contributed by atoms with Gasteiger partial charge in [-0.1, -0.05) is 6.92 Å². The van der Waals surface area contributed by atoms with Gasteiger partial charge in [-0.3, -0.25) is 0 Å². The predicted octanol–water partition coefficient (Wildman–Crippen LogP) is 1.12. The summed E-state index contributed by atoms with van der Waals surface area (Å²) in [7, 11) is 0. The number of phenolic OH excluding ortho intramolecular Hbond substituents is 1. The van der Waals surface area contributed by atoms with Crippen molar-refractivity contribution in [2.24, 2.45) is 0 Å². The molecule has 0 aromatic heterocycles. The Labute approximate surface area is 65.6 Å². The van der Waals surface area contributed by atoms with Gasteiger partial charge in [-0.2, -0.15) is 0 Å². The largest absolute Gasteiger partial charge is 0.504 e. The molecule has 1 aromatic rings. The summed E-state index contributed by atoms with van der Waals surface area (Å²) in [5.74, 6) is -0.0119. The van der Waals surface area contributed by atoms with E-state index in [4.69, 9.17) is 11.5 Å². The van der Waals surface area contributed by atoms with E-state index in [1.165, 1.54) is 0 Å². The summed E-state index contributed by atoms with van der Waals surface area (Å²) < 4.78 is 0. The molecule has 0 atom stereocenters. The number of anilines is 2. The highest BCUT2D eigenvalue weighted by molar-refractivity contribution is 5.67. The highest BCUT2D eigenvalue weighted by Gasteiger charge is 2.02. The quantitative estimate of drug-likeness (QED) is 0.417. The van der Waals surface area contributed by atoms with E-state index >= 15 is 0 Å². The van der Waals surface area contributed by atoms with Crippen LogP contribution in [0.25, 0.3) is 0 Å². The van der Waals surface area contributed by atoms with Crippen molar-refractivity contribution in [3.8, 4) is 5.75 Å². The van der Waals surface area contributed by atoms with E-state index in [2.05, 4.69) is 0 Å². The first kappa shape index (κ1) is 7.72. The Kier molecular flexibility index (Phi) is 1.89. The molecule has 1 rings (SSSR count). The van der Waals surface area contributed by atoms with Gasteiger partial charge in [0.05, 0.1) is 11.4 Å². The van der Waals surface area contributed by atoms with Gasteiger partial charge in [0.2, 0.25) is 0 Å². The fourth-order valence-electron chi connectivity index (χ4n) is 0.949. The van der Waals surface area contributed by atoms with E-state index in [0.717, 1.165) is 12.0 Å². The highest BCUT2D eigenvalue weighted by atomic mass is 16.3. The van der Waals surface area contributed by atoms with Crippen molar-refractivity contribution >= 4 is 11.4 Å². The van der Waals surface area contributed by atoms with Crippen LogP contribution in [0.3, 0.4) is 0 Å². The maximum absolute atomic E-state index is 9.18. The molecule has 0 unspecified atom stereocenters. The minimum Gasteiger partial charge on any atom is -0.504 e. The van der Waals surface area contributed by atoms with Crippen LogP contribution in [-0.2, 0) is 6.42 Å². The van der Waals surface area contributed by atoms with E-state index in [1.54, 1.807) is 12.1 Å². The molecule has 3 nitrogen and oxygen atoms in total. The first-order valence-corrected chi connectivity index (χ1v) is 3.52. The molecule has 0 aliphatic carbocycles. The molecule has 11 heavy (non-hydrogen) atoms. The number of hydrogen-bond donors (Lipinski definition) is 3. The lowest BCUT2D eigenvalue weighted by Gasteiger charge is -2.04. The van der Waals surface area contributed by atoms with Crippen molar-refractivity contribution in [2.45, 2.75) is 13.3 Å². The Hall–Kier alpha value is -1.38. The smallest absolute Gasteiger partial charge is 0.161 e. The summed E-state index contributed by atoms with van der Waals surface area (Å²) in [6.07, 6.45) is 0.870. The Bertz CT molecular complexity index is 248. The van der Waals surface area contributed by atoms with Crippen LogP contribution in [-0.4, -0.2) is 5.11 Å². The van der Waals surface area contributed by atoms with Crippen molar-refractivity contribution in [3.63, 3.8) is 0 Å². The molecule has 5 N–H and O–H groups in total. The second-order valence-electron chi connectivity index (χ2n) is 2.48. The molecular formula is C8H12N2O. The van der Waals surface area contributed by atoms with Gasteiger partial charge >= 0.3 is 0 Å². The summed E-state index contributed by atoms with van der Waals surface area (Å²) >= 11 is 0. The van der Waals surface area contributed by atoms with Gasteiger partial charge in [0, 0.05) is 0 Å². The first-order chi connectivity index (χ1) is 5.15.